The van der Waals surface area contributed by atoms with Crippen LogP contribution in [0.25, 0.3) is 0 Å². The van der Waals surface area contributed by atoms with E-state index >= 15 is 0 Å². The lowest BCUT2D eigenvalue weighted by molar-refractivity contribution is -0.121. The molecule has 0 saturated heterocycles. The molecule has 0 aliphatic heterocycles. The van der Waals surface area contributed by atoms with Gasteiger partial charge in [-0.2, -0.15) is 0 Å². The van der Waals surface area contributed by atoms with Crippen molar-refractivity contribution in [2.45, 2.75) is 6.61 Å². The van der Waals surface area contributed by atoms with E-state index in [1.807, 2.05) is 18.2 Å². The van der Waals surface area contributed by atoms with Crippen LogP contribution in [0.5, 0.6) is 5.75 Å². The van der Waals surface area contributed by atoms with Gasteiger partial charge in [0.15, 0.2) is 9.84 Å². The number of rotatable bonds is 9. The Bertz CT molecular complexity index is 854. The highest BCUT2D eigenvalue weighted by atomic mass is 35.5. The molecular formula is C18H20ClNO5S. The zero-order valence-corrected chi connectivity index (χ0v) is 15.8. The first-order valence-electron chi connectivity index (χ1n) is 7.85. The maximum Gasteiger partial charge on any atom is 0.250 e. The lowest BCUT2D eigenvalue weighted by Crippen LogP contribution is -2.18. The molecule has 1 amide bonds. The Kier molecular flexibility index (Phi) is 7.44. The quantitative estimate of drug-likeness (QED) is 0.703. The number of benzene rings is 2. The molecule has 2 aromatic rings. The number of halogens is 1. The zero-order chi connectivity index (χ0) is 19.0. The van der Waals surface area contributed by atoms with E-state index < -0.39 is 9.84 Å². The fourth-order valence-corrected chi connectivity index (χ4v) is 2.62. The Morgan fingerprint density at radius 3 is 2.65 bits per heavy atom. The van der Waals surface area contributed by atoms with Crippen LogP contribution in [0.1, 0.15) is 5.56 Å². The summed E-state index contributed by atoms with van der Waals surface area (Å²) in [7, 11) is -3.08. The molecule has 0 atom stereocenters. The Balaban J connectivity index is 1.79. The number of sulfone groups is 1. The van der Waals surface area contributed by atoms with Gasteiger partial charge in [0.1, 0.15) is 19.0 Å². The van der Waals surface area contributed by atoms with E-state index in [0.717, 1.165) is 11.8 Å². The molecule has 6 nitrogen and oxygen atoms in total. The van der Waals surface area contributed by atoms with Crippen LogP contribution >= 0.6 is 11.6 Å². The lowest BCUT2D eigenvalue weighted by atomic mass is 10.2. The van der Waals surface area contributed by atoms with Crippen molar-refractivity contribution in [3.05, 3.63) is 59.1 Å². The van der Waals surface area contributed by atoms with Crippen LogP contribution in [0.2, 0.25) is 5.02 Å². The molecule has 2 rings (SSSR count). The van der Waals surface area contributed by atoms with E-state index in [2.05, 4.69) is 5.32 Å². The minimum atomic E-state index is -3.08. The van der Waals surface area contributed by atoms with Crippen LogP contribution < -0.4 is 10.1 Å². The second-order valence-electron chi connectivity index (χ2n) is 5.64. The monoisotopic (exact) mass is 397 g/mol. The van der Waals surface area contributed by atoms with Crippen molar-refractivity contribution < 1.29 is 22.7 Å². The van der Waals surface area contributed by atoms with Crippen molar-refractivity contribution in [2.75, 3.05) is 30.5 Å². The topological polar surface area (TPSA) is 81.7 Å². The molecule has 0 spiro atoms. The first-order valence-corrected chi connectivity index (χ1v) is 10.3. The Hall–Kier alpha value is -2.09. The molecule has 0 bridgehead atoms. The van der Waals surface area contributed by atoms with Gasteiger partial charge in [-0.05, 0) is 23.8 Å². The van der Waals surface area contributed by atoms with Crippen molar-refractivity contribution >= 4 is 33.0 Å². The molecule has 26 heavy (non-hydrogen) atoms. The molecule has 0 unspecified atom stereocenters. The first-order chi connectivity index (χ1) is 12.3. The van der Waals surface area contributed by atoms with Crippen molar-refractivity contribution in [1.82, 2.24) is 0 Å². The van der Waals surface area contributed by atoms with E-state index in [1.54, 1.807) is 30.3 Å². The number of ether oxygens (including phenoxy) is 2. The fourth-order valence-electron chi connectivity index (χ4n) is 2.04. The van der Waals surface area contributed by atoms with Crippen molar-refractivity contribution in [1.29, 1.82) is 0 Å². The van der Waals surface area contributed by atoms with Gasteiger partial charge in [-0.25, -0.2) is 8.42 Å². The molecular weight excluding hydrogens is 378 g/mol. The average Bonchev–Trinajstić information content (AvgIpc) is 2.56. The molecule has 0 saturated carbocycles. The molecule has 0 aliphatic carbocycles. The van der Waals surface area contributed by atoms with E-state index in [9.17, 15) is 13.2 Å². The minimum Gasteiger partial charge on any atom is -0.492 e. The third-order valence-electron chi connectivity index (χ3n) is 3.29. The number of anilines is 1. The van der Waals surface area contributed by atoms with Gasteiger partial charge in [0, 0.05) is 23.0 Å². The zero-order valence-electron chi connectivity index (χ0n) is 14.3. The summed E-state index contributed by atoms with van der Waals surface area (Å²) in [5.74, 6) is 0.0909. The van der Waals surface area contributed by atoms with Gasteiger partial charge in [-0.1, -0.05) is 35.9 Å². The van der Waals surface area contributed by atoms with Gasteiger partial charge in [-0.15, -0.1) is 0 Å². The predicted octanol–water partition coefficient (Wildman–Crippen LogP) is 2.92. The molecule has 0 heterocycles. The Morgan fingerprint density at radius 2 is 1.92 bits per heavy atom. The Morgan fingerprint density at radius 1 is 1.15 bits per heavy atom. The smallest absolute Gasteiger partial charge is 0.250 e. The van der Waals surface area contributed by atoms with Crippen LogP contribution in [-0.2, 0) is 26.0 Å². The highest BCUT2D eigenvalue weighted by Gasteiger charge is 2.06. The van der Waals surface area contributed by atoms with Crippen molar-refractivity contribution in [3.63, 3.8) is 0 Å². The number of amides is 1. The SMILES string of the molecule is CS(=O)(=O)CCOc1cccc(NC(=O)COCc2ccccc2Cl)c1. The number of hydrogen-bond donors (Lipinski definition) is 1. The van der Waals surface area contributed by atoms with Gasteiger partial charge in [-0.3, -0.25) is 4.79 Å². The number of nitrogens with one attached hydrogen (secondary N) is 1. The highest BCUT2D eigenvalue weighted by molar-refractivity contribution is 7.90. The normalized spacial score (nSPS) is 11.2. The third kappa shape index (κ3) is 7.43. The molecule has 0 radical (unpaired) electrons. The van der Waals surface area contributed by atoms with E-state index in [0.29, 0.717) is 16.5 Å². The van der Waals surface area contributed by atoms with Crippen molar-refractivity contribution in [2.24, 2.45) is 0 Å². The van der Waals surface area contributed by atoms with Gasteiger partial charge in [0.05, 0.1) is 12.4 Å². The maximum atomic E-state index is 12.0. The molecule has 0 fully saturated rings. The molecule has 0 aromatic heterocycles. The molecule has 1 N–H and O–H groups in total. The second-order valence-corrected chi connectivity index (χ2v) is 8.31. The summed E-state index contributed by atoms with van der Waals surface area (Å²) >= 11 is 6.02. The minimum absolute atomic E-state index is 0.0528. The standard InChI is InChI=1S/C18H20ClNO5S/c1-26(22,23)10-9-25-16-7-4-6-15(11-16)20-18(21)13-24-12-14-5-2-3-8-17(14)19/h2-8,11H,9-10,12-13H2,1H3,(H,20,21). The second kappa shape index (κ2) is 9.56. The summed E-state index contributed by atoms with van der Waals surface area (Å²) in [6.45, 7) is 0.170. The lowest BCUT2D eigenvalue weighted by Gasteiger charge is -2.10. The van der Waals surface area contributed by atoms with Gasteiger partial charge >= 0.3 is 0 Å². The Labute approximate surface area is 158 Å². The summed E-state index contributed by atoms with van der Waals surface area (Å²) in [6, 6.07) is 14.0. The van der Waals surface area contributed by atoms with Crippen LogP contribution in [0.4, 0.5) is 5.69 Å². The summed E-state index contributed by atoms with van der Waals surface area (Å²) in [5.41, 5.74) is 1.34. The summed E-state index contributed by atoms with van der Waals surface area (Å²) < 4.78 is 33.0. The van der Waals surface area contributed by atoms with Gasteiger partial charge in [0.25, 0.3) is 0 Å². The summed E-state index contributed by atoms with van der Waals surface area (Å²) in [5, 5.41) is 3.28. The molecule has 2 aromatic carbocycles. The van der Waals surface area contributed by atoms with Gasteiger partial charge in [0.2, 0.25) is 5.91 Å². The molecule has 140 valence electrons. The highest BCUT2D eigenvalue weighted by Crippen LogP contribution is 2.18. The van der Waals surface area contributed by atoms with E-state index in [4.69, 9.17) is 21.1 Å². The first kappa shape index (κ1) is 20.2. The van der Waals surface area contributed by atoms with Gasteiger partial charge < -0.3 is 14.8 Å². The molecule has 0 aliphatic rings. The van der Waals surface area contributed by atoms with E-state index in [-0.39, 0.29) is 31.5 Å². The summed E-state index contributed by atoms with van der Waals surface area (Å²) in [4.78, 5) is 12.0. The van der Waals surface area contributed by atoms with Crippen LogP contribution in [0.3, 0.4) is 0 Å². The predicted molar refractivity (Wildman–Crippen MR) is 101 cm³/mol. The van der Waals surface area contributed by atoms with Crippen LogP contribution in [-0.4, -0.2) is 39.5 Å². The third-order valence-corrected chi connectivity index (χ3v) is 4.57. The molecule has 8 heteroatoms. The number of hydrogen-bond acceptors (Lipinski definition) is 5. The largest absolute Gasteiger partial charge is 0.492 e. The van der Waals surface area contributed by atoms with Crippen molar-refractivity contribution in [3.8, 4) is 5.75 Å². The number of carbonyl (C=O) groups is 1. The van der Waals surface area contributed by atoms with E-state index in [1.165, 1.54) is 0 Å². The number of carbonyl (C=O) groups excluding carboxylic acids is 1. The van der Waals surface area contributed by atoms with Crippen LogP contribution in [0.15, 0.2) is 48.5 Å². The maximum absolute atomic E-state index is 12.0. The van der Waals surface area contributed by atoms with Crippen LogP contribution in [0, 0.1) is 0 Å². The summed E-state index contributed by atoms with van der Waals surface area (Å²) in [6.07, 6.45) is 1.15. The average molecular weight is 398 g/mol. The fraction of sp³-hybridized carbons (Fsp3) is 0.278.